The molecule has 0 amide bonds. The molecule has 0 spiro atoms. The van der Waals surface area contributed by atoms with E-state index in [0.29, 0.717) is 0 Å². The van der Waals surface area contributed by atoms with Crippen molar-refractivity contribution in [1.29, 1.82) is 0 Å². The number of rotatable bonds is 13. The summed E-state index contributed by atoms with van der Waals surface area (Å²) in [6, 6.07) is 0. The van der Waals surface area contributed by atoms with Gasteiger partial charge in [0.1, 0.15) is 0 Å². The second kappa shape index (κ2) is 16.5. The van der Waals surface area contributed by atoms with Crippen LogP contribution < -0.4 is 0 Å². The van der Waals surface area contributed by atoms with Gasteiger partial charge in [-0.05, 0) is 19.3 Å². The van der Waals surface area contributed by atoms with Crippen LogP contribution in [-0.4, -0.2) is 0 Å². The molecular formula is C18H34. The molecule has 0 saturated heterocycles. The first-order chi connectivity index (χ1) is 8.91. The standard InChI is InChI=1S/C18H34/c1-3-5-7-9-11-13-15-17-18-16-14-12-10-8-6-4-2/h7,9,11,13H,3-6,8,10,12,14-18H2,1-2H3. The van der Waals surface area contributed by atoms with Crippen LogP contribution in [0, 0.1) is 0 Å². The van der Waals surface area contributed by atoms with Crippen LogP contribution in [0.5, 0.6) is 0 Å². The average Bonchev–Trinajstić information content (AvgIpc) is 2.39. The van der Waals surface area contributed by atoms with Crippen LogP contribution in [0.15, 0.2) is 24.3 Å². The lowest BCUT2D eigenvalue weighted by molar-refractivity contribution is 0.566. The highest BCUT2D eigenvalue weighted by Crippen LogP contribution is 2.10. The van der Waals surface area contributed by atoms with E-state index in [2.05, 4.69) is 38.2 Å². The van der Waals surface area contributed by atoms with E-state index in [1.54, 1.807) is 0 Å². The summed E-state index contributed by atoms with van der Waals surface area (Å²) in [4.78, 5) is 0. The smallest absolute Gasteiger partial charge is 0.0348 e. The van der Waals surface area contributed by atoms with Gasteiger partial charge in [0.2, 0.25) is 0 Å². The molecule has 0 radical (unpaired) electrons. The van der Waals surface area contributed by atoms with E-state index >= 15 is 0 Å². The van der Waals surface area contributed by atoms with Gasteiger partial charge < -0.3 is 0 Å². The van der Waals surface area contributed by atoms with E-state index in [-0.39, 0.29) is 0 Å². The van der Waals surface area contributed by atoms with Gasteiger partial charge in [0.25, 0.3) is 0 Å². The van der Waals surface area contributed by atoms with Crippen LogP contribution in [0.1, 0.15) is 90.9 Å². The zero-order valence-corrected chi connectivity index (χ0v) is 12.8. The molecule has 18 heavy (non-hydrogen) atoms. The Morgan fingerprint density at radius 2 is 1.00 bits per heavy atom. The predicted octanol–water partition coefficient (Wildman–Crippen LogP) is 6.82. The molecule has 0 fully saturated rings. The monoisotopic (exact) mass is 250 g/mol. The quantitative estimate of drug-likeness (QED) is 0.248. The third-order valence-electron chi connectivity index (χ3n) is 3.31. The van der Waals surface area contributed by atoms with Crippen molar-refractivity contribution >= 4 is 0 Å². The number of unbranched alkanes of at least 4 members (excludes halogenated alkanes) is 10. The molecular weight excluding hydrogens is 216 g/mol. The van der Waals surface area contributed by atoms with Gasteiger partial charge in [-0.25, -0.2) is 0 Å². The van der Waals surface area contributed by atoms with Gasteiger partial charge >= 0.3 is 0 Å². The maximum atomic E-state index is 2.31. The Hall–Kier alpha value is -0.520. The maximum Gasteiger partial charge on any atom is -0.0348 e. The fourth-order valence-electron chi connectivity index (χ4n) is 2.09. The van der Waals surface area contributed by atoms with Crippen molar-refractivity contribution in [2.75, 3.05) is 0 Å². The van der Waals surface area contributed by atoms with Crippen LogP contribution in [0.4, 0.5) is 0 Å². The Kier molecular flexibility index (Phi) is 16.0. The van der Waals surface area contributed by atoms with Crippen molar-refractivity contribution in [2.24, 2.45) is 0 Å². The predicted molar refractivity (Wildman–Crippen MR) is 85.0 cm³/mol. The largest absolute Gasteiger partial charge is 0.0846 e. The van der Waals surface area contributed by atoms with Gasteiger partial charge in [-0.15, -0.1) is 0 Å². The Morgan fingerprint density at radius 1 is 0.500 bits per heavy atom. The van der Waals surface area contributed by atoms with Gasteiger partial charge in [0.05, 0.1) is 0 Å². The lowest BCUT2D eigenvalue weighted by Crippen LogP contribution is -1.80. The summed E-state index contributed by atoms with van der Waals surface area (Å²) in [6.07, 6.45) is 25.5. The summed E-state index contributed by atoms with van der Waals surface area (Å²) in [5, 5.41) is 0. The summed E-state index contributed by atoms with van der Waals surface area (Å²) in [6.45, 7) is 4.50. The van der Waals surface area contributed by atoms with E-state index < -0.39 is 0 Å². The molecule has 0 aromatic rings. The molecule has 0 heteroatoms. The van der Waals surface area contributed by atoms with Crippen molar-refractivity contribution in [3.05, 3.63) is 24.3 Å². The molecule has 0 rings (SSSR count). The van der Waals surface area contributed by atoms with E-state index in [1.807, 2.05) is 0 Å². The summed E-state index contributed by atoms with van der Waals surface area (Å²) in [5.74, 6) is 0. The molecule has 0 aromatic carbocycles. The van der Waals surface area contributed by atoms with Crippen molar-refractivity contribution in [3.63, 3.8) is 0 Å². The van der Waals surface area contributed by atoms with Crippen molar-refractivity contribution in [2.45, 2.75) is 90.9 Å². The third-order valence-corrected chi connectivity index (χ3v) is 3.31. The van der Waals surface area contributed by atoms with E-state index in [4.69, 9.17) is 0 Å². The second-order valence-corrected chi connectivity index (χ2v) is 5.26. The highest BCUT2D eigenvalue weighted by Gasteiger charge is 1.90. The average molecular weight is 250 g/mol. The topological polar surface area (TPSA) is 0 Å². The zero-order valence-electron chi connectivity index (χ0n) is 12.8. The first-order valence-corrected chi connectivity index (χ1v) is 8.23. The summed E-state index contributed by atoms with van der Waals surface area (Å²) >= 11 is 0. The minimum Gasteiger partial charge on any atom is -0.0846 e. The van der Waals surface area contributed by atoms with Gasteiger partial charge in [-0.3, -0.25) is 0 Å². The molecule has 0 saturated carbocycles. The van der Waals surface area contributed by atoms with Crippen molar-refractivity contribution in [1.82, 2.24) is 0 Å². The van der Waals surface area contributed by atoms with Crippen molar-refractivity contribution < 1.29 is 0 Å². The first-order valence-electron chi connectivity index (χ1n) is 8.23. The minimum atomic E-state index is 1.21. The van der Waals surface area contributed by atoms with Crippen LogP contribution in [0.3, 0.4) is 0 Å². The third kappa shape index (κ3) is 15.5. The lowest BCUT2D eigenvalue weighted by Gasteiger charge is -2.00. The second-order valence-electron chi connectivity index (χ2n) is 5.26. The summed E-state index contributed by atoms with van der Waals surface area (Å²) in [5.41, 5.74) is 0. The Morgan fingerprint density at radius 3 is 1.56 bits per heavy atom. The van der Waals surface area contributed by atoms with E-state index in [9.17, 15) is 0 Å². The molecule has 0 N–H and O–H groups in total. The molecule has 0 aliphatic rings. The van der Waals surface area contributed by atoms with Gasteiger partial charge in [-0.2, -0.15) is 0 Å². The Labute approximate surface area is 116 Å². The number of allylic oxidation sites excluding steroid dienone is 4. The Balaban J connectivity index is 3.07. The summed E-state index contributed by atoms with van der Waals surface area (Å²) < 4.78 is 0. The molecule has 0 unspecified atom stereocenters. The molecule has 0 atom stereocenters. The Bertz CT molecular complexity index is 188. The molecule has 0 aromatic heterocycles. The minimum absolute atomic E-state index is 1.21. The van der Waals surface area contributed by atoms with Crippen LogP contribution in [-0.2, 0) is 0 Å². The highest BCUT2D eigenvalue weighted by molar-refractivity contribution is 5.02. The highest BCUT2D eigenvalue weighted by atomic mass is 14.0. The van der Waals surface area contributed by atoms with Crippen LogP contribution in [0.25, 0.3) is 0 Å². The SMILES string of the molecule is CCCC=CC=CCCCCCCCCCCC. The van der Waals surface area contributed by atoms with Crippen molar-refractivity contribution in [3.8, 4) is 0 Å². The molecule has 106 valence electrons. The summed E-state index contributed by atoms with van der Waals surface area (Å²) in [7, 11) is 0. The molecule has 0 nitrogen and oxygen atoms in total. The number of hydrogen-bond donors (Lipinski definition) is 0. The van der Waals surface area contributed by atoms with Crippen LogP contribution in [0.2, 0.25) is 0 Å². The fourth-order valence-corrected chi connectivity index (χ4v) is 2.09. The molecule has 0 heterocycles. The maximum absolute atomic E-state index is 2.31. The molecule has 0 aliphatic heterocycles. The van der Waals surface area contributed by atoms with Gasteiger partial charge in [-0.1, -0.05) is 95.9 Å². The fraction of sp³-hybridized carbons (Fsp3) is 0.778. The van der Waals surface area contributed by atoms with E-state index in [0.717, 1.165) is 0 Å². The van der Waals surface area contributed by atoms with E-state index in [1.165, 1.54) is 77.0 Å². The lowest BCUT2D eigenvalue weighted by atomic mass is 10.1. The first kappa shape index (κ1) is 17.5. The molecule has 0 bridgehead atoms. The van der Waals surface area contributed by atoms with Crippen LogP contribution >= 0.6 is 0 Å². The van der Waals surface area contributed by atoms with Gasteiger partial charge in [0.15, 0.2) is 0 Å². The molecule has 0 aliphatic carbocycles. The number of hydrogen-bond acceptors (Lipinski definition) is 0. The normalized spacial score (nSPS) is 11.9. The zero-order chi connectivity index (χ0) is 13.3. The van der Waals surface area contributed by atoms with Gasteiger partial charge in [0, 0.05) is 0 Å².